The number of ether oxygens (including phenoxy) is 1. The fourth-order valence-electron chi connectivity index (χ4n) is 2.63. The molecule has 3 rings (SSSR count). The van der Waals surface area contributed by atoms with E-state index < -0.39 is 0 Å². The number of rotatable bonds is 6. The Kier molecular flexibility index (Phi) is 5.18. The first kappa shape index (κ1) is 17.5. The first-order valence-electron chi connectivity index (χ1n) is 8.38. The van der Waals surface area contributed by atoms with Gasteiger partial charge in [-0.1, -0.05) is 42.0 Å². The van der Waals surface area contributed by atoms with Crippen molar-refractivity contribution in [3.05, 3.63) is 70.1 Å². The van der Waals surface area contributed by atoms with Crippen LogP contribution < -0.4 is 10.4 Å². The molecule has 132 valence electrons. The van der Waals surface area contributed by atoms with Crippen LogP contribution in [0.5, 0.6) is 5.75 Å². The van der Waals surface area contributed by atoms with E-state index in [1.165, 1.54) is 4.68 Å². The van der Waals surface area contributed by atoms with E-state index in [2.05, 4.69) is 11.2 Å². The monoisotopic (exact) mass is 348 g/mol. The van der Waals surface area contributed by atoms with Crippen LogP contribution in [0, 0.1) is 18.3 Å². The van der Waals surface area contributed by atoms with Crippen LogP contribution in [0.3, 0.4) is 0 Å². The van der Waals surface area contributed by atoms with Gasteiger partial charge in [-0.25, -0.2) is 9.48 Å². The summed E-state index contributed by atoms with van der Waals surface area (Å²) in [6.07, 6.45) is 0.380. The molecule has 0 spiro atoms. The topological polar surface area (TPSA) is 72.8 Å². The number of nitriles is 1. The van der Waals surface area contributed by atoms with E-state index in [-0.39, 0.29) is 5.69 Å². The van der Waals surface area contributed by atoms with Crippen molar-refractivity contribution in [3.63, 3.8) is 0 Å². The minimum atomic E-state index is -0.173. The molecule has 0 aliphatic heterocycles. The zero-order valence-corrected chi connectivity index (χ0v) is 14.8. The van der Waals surface area contributed by atoms with Crippen molar-refractivity contribution >= 4 is 0 Å². The summed E-state index contributed by atoms with van der Waals surface area (Å²) in [7, 11) is 1.72. The van der Waals surface area contributed by atoms with Crippen molar-refractivity contribution in [2.75, 3.05) is 6.61 Å². The molecule has 26 heavy (non-hydrogen) atoms. The molecule has 0 radical (unpaired) electrons. The Hall–Kier alpha value is -3.33. The summed E-state index contributed by atoms with van der Waals surface area (Å²) in [5.41, 5.74) is 2.84. The van der Waals surface area contributed by atoms with Crippen molar-refractivity contribution in [2.45, 2.75) is 19.9 Å². The van der Waals surface area contributed by atoms with E-state index in [0.29, 0.717) is 31.1 Å². The maximum absolute atomic E-state index is 12.4. The minimum Gasteiger partial charge on any atom is -0.492 e. The summed E-state index contributed by atoms with van der Waals surface area (Å²) in [4.78, 5) is 12.4. The van der Waals surface area contributed by atoms with E-state index in [9.17, 15) is 4.79 Å². The average Bonchev–Trinajstić information content (AvgIpc) is 2.93. The van der Waals surface area contributed by atoms with E-state index in [4.69, 9.17) is 10.00 Å². The van der Waals surface area contributed by atoms with Crippen LogP contribution in [0.4, 0.5) is 0 Å². The molecule has 2 aromatic carbocycles. The lowest BCUT2D eigenvalue weighted by Gasteiger charge is -2.06. The molecule has 0 atom stereocenters. The van der Waals surface area contributed by atoms with Gasteiger partial charge in [-0.15, -0.1) is 5.10 Å². The highest BCUT2D eigenvalue weighted by molar-refractivity contribution is 5.55. The molecular formula is C20H20N4O2. The quantitative estimate of drug-likeness (QED) is 0.686. The first-order chi connectivity index (χ1) is 12.6. The fourth-order valence-corrected chi connectivity index (χ4v) is 2.63. The molecule has 0 saturated carbocycles. The van der Waals surface area contributed by atoms with Crippen molar-refractivity contribution in [1.82, 2.24) is 14.3 Å². The summed E-state index contributed by atoms with van der Waals surface area (Å²) in [6, 6.07) is 17.4. The molecule has 1 heterocycles. The molecule has 0 fully saturated rings. The van der Waals surface area contributed by atoms with Crippen molar-refractivity contribution in [1.29, 1.82) is 5.26 Å². The molecule has 3 aromatic rings. The molecule has 0 aliphatic carbocycles. The molecule has 0 aliphatic rings. The summed E-state index contributed by atoms with van der Waals surface area (Å²) in [5, 5.41) is 13.1. The average molecular weight is 348 g/mol. The van der Waals surface area contributed by atoms with Gasteiger partial charge in [0.05, 0.1) is 19.0 Å². The molecular weight excluding hydrogens is 328 g/mol. The molecule has 6 heteroatoms. The lowest BCUT2D eigenvalue weighted by molar-refractivity contribution is 0.288. The number of nitrogens with zero attached hydrogens (tertiary/aromatic N) is 4. The lowest BCUT2D eigenvalue weighted by atomic mass is 10.1. The van der Waals surface area contributed by atoms with Gasteiger partial charge in [0, 0.05) is 12.6 Å². The van der Waals surface area contributed by atoms with Crippen molar-refractivity contribution in [3.8, 4) is 23.2 Å². The largest absolute Gasteiger partial charge is 0.492 e. The maximum atomic E-state index is 12.4. The van der Waals surface area contributed by atoms with Crippen LogP contribution in [0.15, 0.2) is 53.3 Å². The SMILES string of the molecule is Cc1ccc(-c2nn(CCOc3ccc(CC#N)cc3)c(=O)n2C)cc1. The van der Waals surface area contributed by atoms with Gasteiger partial charge in [0.1, 0.15) is 12.4 Å². The third-order valence-electron chi connectivity index (χ3n) is 4.13. The van der Waals surface area contributed by atoms with E-state index in [0.717, 1.165) is 16.7 Å². The standard InChI is InChI=1S/C20H20N4O2/c1-15-3-7-17(8-4-15)19-22-24(20(25)23(19)2)13-14-26-18-9-5-16(6-10-18)11-12-21/h3-10H,11,13-14H2,1-2H3. The van der Waals surface area contributed by atoms with Crippen molar-refractivity contribution < 1.29 is 4.74 Å². The second-order valence-electron chi connectivity index (χ2n) is 6.08. The Morgan fingerprint density at radius 3 is 2.46 bits per heavy atom. The molecule has 0 amide bonds. The zero-order valence-electron chi connectivity index (χ0n) is 14.8. The second-order valence-corrected chi connectivity index (χ2v) is 6.08. The van der Waals surface area contributed by atoms with Gasteiger partial charge in [-0.2, -0.15) is 5.26 Å². The number of benzene rings is 2. The normalized spacial score (nSPS) is 10.5. The third-order valence-corrected chi connectivity index (χ3v) is 4.13. The van der Waals surface area contributed by atoms with E-state index >= 15 is 0 Å². The smallest absolute Gasteiger partial charge is 0.346 e. The van der Waals surface area contributed by atoms with Crippen LogP contribution in [-0.2, 0) is 20.0 Å². The molecule has 0 bridgehead atoms. The Balaban J connectivity index is 1.67. The highest BCUT2D eigenvalue weighted by atomic mass is 16.5. The van der Waals surface area contributed by atoms with Gasteiger partial charge in [0.2, 0.25) is 0 Å². The molecule has 0 N–H and O–H groups in total. The Labute approximate surface area is 151 Å². The maximum Gasteiger partial charge on any atom is 0.346 e. The highest BCUT2D eigenvalue weighted by Crippen LogP contribution is 2.16. The molecule has 0 saturated heterocycles. The van der Waals surface area contributed by atoms with Gasteiger partial charge in [0.15, 0.2) is 5.82 Å². The zero-order chi connectivity index (χ0) is 18.5. The number of hydrogen-bond acceptors (Lipinski definition) is 4. The fraction of sp³-hybridized carbons (Fsp3) is 0.250. The van der Waals surface area contributed by atoms with Gasteiger partial charge in [0.25, 0.3) is 0 Å². The lowest BCUT2D eigenvalue weighted by Crippen LogP contribution is -2.25. The van der Waals surface area contributed by atoms with Gasteiger partial charge in [-0.3, -0.25) is 4.57 Å². The predicted molar refractivity (Wildman–Crippen MR) is 98.9 cm³/mol. The summed E-state index contributed by atoms with van der Waals surface area (Å²) >= 11 is 0. The molecule has 6 nitrogen and oxygen atoms in total. The summed E-state index contributed by atoms with van der Waals surface area (Å²) in [6.45, 7) is 2.71. The third kappa shape index (κ3) is 3.83. The van der Waals surface area contributed by atoms with Crippen LogP contribution in [0.1, 0.15) is 11.1 Å². The van der Waals surface area contributed by atoms with Gasteiger partial charge in [-0.05, 0) is 24.6 Å². The number of aryl methyl sites for hydroxylation is 1. The van der Waals surface area contributed by atoms with Crippen LogP contribution in [-0.4, -0.2) is 21.0 Å². The molecule has 0 unspecified atom stereocenters. The Morgan fingerprint density at radius 1 is 1.12 bits per heavy atom. The summed E-state index contributed by atoms with van der Waals surface area (Å²) in [5.74, 6) is 1.34. The van der Waals surface area contributed by atoms with Crippen molar-refractivity contribution in [2.24, 2.45) is 7.05 Å². The highest BCUT2D eigenvalue weighted by Gasteiger charge is 2.12. The minimum absolute atomic E-state index is 0.173. The van der Waals surface area contributed by atoms with E-state index in [1.54, 1.807) is 11.6 Å². The molecule has 1 aromatic heterocycles. The Bertz CT molecular complexity index is 977. The first-order valence-corrected chi connectivity index (χ1v) is 8.38. The van der Waals surface area contributed by atoms with Crippen LogP contribution in [0.2, 0.25) is 0 Å². The predicted octanol–water partition coefficient (Wildman–Crippen LogP) is 2.70. The second kappa shape index (κ2) is 7.70. The number of hydrogen-bond donors (Lipinski definition) is 0. The summed E-state index contributed by atoms with van der Waals surface area (Å²) < 4.78 is 8.64. The van der Waals surface area contributed by atoms with Gasteiger partial charge >= 0.3 is 5.69 Å². The van der Waals surface area contributed by atoms with Crippen LogP contribution in [0.25, 0.3) is 11.4 Å². The number of aromatic nitrogens is 3. The van der Waals surface area contributed by atoms with Gasteiger partial charge < -0.3 is 4.74 Å². The Morgan fingerprint density at radius 2 is 1.81 bits per heavy atom. The van der Waals surface area contributed by atoms with E-state index in [1.807, 2.05) is 55.5 Å². The van der Waals surface area contributed by atoms with Crippen LogP contribution >= 0.6 is 0 Å².